The van der Waals surface area contributed by atoms with E-state index in [-0.39, 0.29) is 16.7 Å². The van der Waals surface area contributed by atoms with Gasteiger partial charge < -0.3 is 19.8 Å². The van der Waals surface area contributed by atoms with Crippen molar-refractivity contribution in [3.63, 3.8) is 0 Å². The molecule has 0 bridgehead atoms. The summed E-state index contributed by atoms with van der Waals surface area (Å²) in [5.74, 6) is -3.66. The molecule has 0 aliphatic carbocycles. The first-order valence-electron chi connectivity index (χ1n) is 10.9. The minimum atomic E-state index is -5.10. The zero-order valence-electron chi connectivity index (χ0n) is 20.1. The van der Waals surface area contributed by atoms with E-state index < -0.39 is 60.2 Å². The fourth-order valence-corrected chi connectivity index (χ4v) is 4.78. The third-order valence-corrected chi connectivity index (χ3v) is 6.73. The molecule has 39 heavy (non-hydrogen) atoms. The summed E-state index contributed by atoms with van der Waals surface area (Å²) < 4.78 is 85.2. The van der Waals surface area contributed by atoms with Crippen LogP contribution in [-0.4, -0.2) is 34.7 Å². The van der Waals surface area contributed by atoms with Crippen LogP contribution in [0.3, 0.4) is 0 Å². The minimum absolute atomic E-state index is 0.0357. The molecule has 7 nitrogen and oxygen atoms in total. The Hall–Kier alpha value is -4.07. The maximum Gasteiger partial charge on any atom is 0.416 e. The van der Waals surface area contributed by atoms with Gasteiger partial charge in [-0.2, -0.15) is 26.3 Å². The molecule has 3 rings (SSSR count). The van der Waals surface area contributed by atoms with Gasteiger partial charge in [-0.3, -0.25) is 4.79 Å². The monoisotopic (exact) mass is 575 g/mol. The molecule has 1 aromatic heterocycles. The van der Waals surface area contributed by atoms with E-state index in [1.165, 1.54) is 25.1 Å². The maximum atomic E-state index is 13.3. The van der Waals surface area contributed by atoms with Gasteiger partial charge in [0.05, 0.1) is 17.7 Å². The number of aliphatic carboxylic acids is 1. The average Bonchev–Trinajstić information content (AvgIpc) is 3.16. The molecule has 1 heterocycles. The third kappa shape index (κ3) is 6.88. The molecule has 208 valence electrons. The lowest BCUT2D eigenvalue weighted by atomic mass is 10.0. The molecule has 0 spiro atoms. The summed E-state index contributed by atoms with van der Waals surface area (Å²) in [7, 11) is 0. The Morgan fingerprint density at radius 3 is 2.03 bits per heavy atom. The SMILES string of the molecule is CC(=O)N(Cc1cccc(-c2sc(C(=O)O)c(OCC(=O)O)c2C)c1)c1cc(C(F)(F)F)cc(C(F)(F)F)c1. The molecular formula is C25H19F6NO6S. The zero-order chi connectivity index (χ0) is 29.3. The molecule has 0 atom stereocenters. The van der Waals surface area contributed by atoms with Crippen molar-refractivity contribution in [2.75, 3.05) is 11.5 Å². The summed E-state index contributed by atoms with van der Waals surface area (Å²) in [5.41, 5.74) is -2.72. The van der Waals surface area contributed by atoms with Gasteiger partial charge in [-0.25, -0.2) is 9.59 Å². The summed E-state index contributed by atoms with van der Waals surface area (Å²) in [6, 6.07) is 6.92. The van der Waals surface area contributed by atoms with Crippen LogP contribution >= 0.6 is 11.3 Å². The molecule has 0 unspecified atom stereocenters. The van der Waals surface area contributed by atoms with E-state index in [2.05, 4.69) is 0 Å². The van der Waals surface area contributed by atoms with Crippen molar-refractivity contribution in [3.05, 3.63) is 69.6 Å². The van der Waals surface area contributed by atoms with Gasteiger partial charge in [0.25, 0.3) is 0 Å². The Bertz CT molecular complexity index is 1400. The number of nitrogens with zero attached hydrogens (tertiary/aromatic N) is 1. The van der Waals surface area contributed by atoms with Crippen LogP contribution in [0.4, 0.5) is 32.0 Å². The van der Waals surface area contributed by atoms with Crippen LogP contribution < -0.4 is 9.64 Å². The topological polar surface area (TPSA) is 104 Å². The van der Waals surface area contributed by atoms with Crippen molar-refractivity contribution >= 4 is 34.9 Å². The molecule has 0 radical (unpaired) electrons. The number of alkyl halides is 6. The lowest BCUT2D eigenvalue weighted by Gasteiger charge is -2.24. The number of carbonyl (C=O) groups is 3. The van der Waals surface area contributed by atoms with Crippen molar-refractivity contribution in [2.24, 2.45) is 0 Å². The smallest absolute Gasteiger partial charge is 0.416 e. The van der Waals surface area contributed by atoms with E-state index in [0.717, 1.165) is 23.2 Å². The van der Waals surface area contributed by atoms with Crippen LogP contribution in [0.1, 0.15) is 38.8 Å². The third-order valence-electron chi connectivity index (χ3n) is 5.42. The first-order chi connectivity index (χ1) is 18.0. The van der Waals surface area contributed by atoms with E-state index >= 15 is 0 Å². The molecule has 0 saturated heterocycles. The van der Waals surface area contributed by atoms with Crippen LogP contribution in [0.2, 0.25) is 0 Å². The van der Waals surface area contributed by atoms with Crippen molar-refractivity contribution in [3.8, 4) is 16.2 Å². The number of rotatable bonds is 8. The lowest BCUT2D eigenvalue weighted by molar-refractivity contribution is -0.143. The summed E-state index contributed by atoms with van der Waals surface area (Å²) in [6.45, 7) is 1.31. The quantitative estimate of drug-likeness (QED) is 0.298. The molecule has 0 saturated carbocycles. The number of carbonyl (C=O) groups excluding carboxylic acids is 1. The van der Waals surface area contributed by atoms with Gasteiger partial charge in [0.1, 0.15) is 5.75 Å². The van der Waals surface area contributed by atoms with Gasteiger partial charge in [-0.1, -0.05) is 18.2 Å². The second kappa shape index (κ2) is 11.0. The van der Waals surface area contributed by atoms with Gasteiger partial charge >= 0.3 is 24.3 Å². The number of halogens is 6. The Morgan fingerprint density at radius 2 is 1.54 bits per heavy atom. The molecule has 2 aromatic carbocycles. The summed E-state index contributed by atoms with van der Waals surface area (Å²) in [6.07, 6.45) is -10.2. The second-order valence-electron chi connectivity index (χ2n) is 8.27. The number of carboxylic acid groups (broad SMARTS) is 2. The summed E-state index contributed by atoms with van der Waals surface area (Å²) in [5, 5.41) is 18.4. The maximum absolute atomic E-state index is 13.3. The molecule has 0 fully saturated rings. The van der Waals surface area contributed by atoms with E-state index in [1.807, 2.05) is 0 Å². The molecule has 1 amide bonds. The van der Waals surface area contributed by atoms with Crippen LogP contribution in [0.15, 0.2) is 42.5 Å². The highest BCUT2D eigenvalue weighted by atomic mass is 32.1. The summed E-state index contributed by atoms with van der Waals surface area (Å²) >= 11 is 0.791. The number of ether oxygens (including phenoxy) is 1. The Kier molecular flexibility index (Phi) is 8.29. The minimum Gasteiger partial charge on any atom is -0.480 e. The number of amides is 1. The van der Waals surface area contributed by atoms with Crippen LogP contribution in [0, 0.1) is 6.92 Å². The fraction of sp³-hybridized carbons (Fsp3) is 0.240. The normalized spacial score (nSPS) is 11.8. The highest BCUT2D eigenvalue weighted by molar-refractivity contribution is 7.18. The van der Waals surface area contributed by atoms with Gasteiger partial charge in [-0.15, -0.1) is 11.3 Å². The largest absolute Gasteiger partial charge is 0.480 e. The molecule has 3 aromatic rings. The Morgan fingerprint density at radius 1 is 0.949 bits per heavy atom. The highest BCUT2D eigenvalue weighted by Crippen LogP contribution is 2.42. The second-order valence-corrected chi connectivity index (χ2v) is 9.29. The van der Waals surface area contributed by atoms with Crippen LogP contribution in [0.25, 0.3) is 10.4 Å². The van der Waals surface area contributed by atoms with Crippen LogP contribution in [-0.2, 0) is 28.5 Å². The number of carboxylic acids is 2. The van der Waals surface area contributed by atoms with Crippen molar-refractivity contribution in [1.29, 1.82) is 0 Å². The highest BCUT2D eigenvalue weighted by Gasteiger charge is 2.37. The van der Waals surface area contributed by atoms with Gasteiger partial charge in [-0.05, 0) is 42.3 Å². The molecule has 14 heteroatoms. The molecule has 2 N–H and O–H groups in total. The molecule has 0 aliphatic rings. The van der Waals surface area contributed by atoms with Gasteiger partial charge in [0, 0.05) is 23.1 Å². The Balaban J connectivity index is 2.05. The number of aromatic carboxylic acids is 1. The average molecular weight is 575 g/mol. The number of thiophene rings is 1. The zero-order valence-corrected chi connectivity index (χ0v) is 20.9. The number of anilines is 1. The van der Waals surface area contributed by atoms with Crippen molar-refractivity contribution in [1.82, 2.24) is 0 Å². The Labute approximate surface area is 220 Å². The van der Waals surface area contributed by atoms with E-state index in [1.54, 1.807) is 6.07 Å². The van der Waals surface area contributed by atoms with Gasteiger partial charge in [0.15, 0.2) is 11.5 Å². The number of hydrogen-bond acceptors (Lipinski definition) is 5. The van der Waals surface area contributed by atoms with Crippen molar-refractivity contribution < 1.29 is 55.7 Å². The van der Waals surface area contributed by atoms with Gasteiger partial charge in [0.2, 0.25) is 5.91 Å². The first kappa shape index (κ1) is 29.5. The predicted octanol–water partition coefficient (Wildman–Crippen LogP) is 6.48. The van der Waals surface area contributed by atoms with Crippen LogP contribution in [0.5, 0.6) is 5.75 Å². The fourth-order valence-electron chi connectivity index (χ4n) is 3.69. The number of hydrogen-bond donors (Lipinski definition) is 2. The molecular weight excluding hydrogens is 556 g/mol. The first-order valence-corrected chi connectivity index (χ1v) is 11.7. The predicted molar refractivity (Wildman–Crippen MR) is 128 cm³/mol. The number of benzene rings is 2. The van der Waals surface area contributed by atoms with Crippen molar-refractivity contribution in [2.45, 2.75) is 32.7 Å². The van der Waals surface area contributed by atoms with E-state index in [0.29, 0.717) is 33.7 Å². The van der Waals surface area contributed by atoms with E-state index in [4.69, 9.17) is 9.84 Å². The standard InChI is InChI=1S/C25H19F6NO6S/c1-12-20(38-11-19(34)35)22(23(36)37)39-21(12)15-5-3-4-14(6-15)10-32(13(2)33)18-8-16(24(26,27)28)7-17(9-18)25(29,30)31/h3-9H,10-11H2,1-2H3,(H,34,35)(H,36,37). The van der Waals surface area contributed by atoms with E-state index in [9.17, 15) is 45.8 Å². The summed E-state index contributed by atoms with van der Waals surface area (Å²) in [4.78, 5) is 35.8. The molecule has 0 aliphatic heterocycles. The lowest BCUT2D eigenvalue weighted by Crippen LogP contribution is -2.28.